The standard InChI is InChI=1S/C21H36N2O4Si/c1-23(17-21(27-28(3,4)5)9-11-22-12-10-21)13-14-26-19-8-6-7-18(15-19)16-20(24)25-2/h6-8,15,22H,9-14,16-17H2,1-5H3. The molecule has 1 aromatic carbocycles. The van der Waals surface area contributed by atoms with Crippen LogP contribution in [0.15, 0.2) is 24.3 Å². The highest BCUT2D eigenvalue weighted by molar-refractivity contribution is 6.69. The quantitative estimate of drug-likeness (QED) is 0.474. The van der Waals surface area contributed by atoms with Gasteiger partial charge in [-0.1, -0.05) is 12.1 Å². The molecule has 0 aromatic heterocycles. The predicted octanol–water partition coefficient (Wildman–Crippen LogP) is 2.69. The van der Waals surface area contributed by atoms with Crippen molar-refractivity contribution in [2.75, 3.05) is 46.9 Å². The summed E-state index contributed by atoms with van der Waals surface area (Å²) in [6.45, 7) is 11.2. The number of rotatable bonds is 10. The summed E-state index contributed by atoms with van der Waals surface area (Å²) in [4.78, 5) is 13.7. The van der Waals surface area contributed by atoms with Crippen LogP contribution >= 0.6 is 0 Å². The smallest absolute Gasteiger partial charge is 0.309 e. The van der Waals surface area contributed by atoms with E-state index >= 15 is 0 Å². The maximum absolute atomic E-state index is 11.4. The second kappa shape index (κ2) is 10.4. The third-order valence-corrected chi connectivity index (χ3v) is 5.86. The Hall–Kier alpha value is -1.41. The average molecular weight is 409 g/mol. The van der Waals surface area contributed by atoms with E-state index in [1.165, 1.54) is 7.11 Å². The normalized spacial score (nSPS) is 16.8. The first-order valence-corrected chi connectivity index (χ1v) is 13.5. The van der Waals surface area contributed by atoms with Crippen LogP contribution in [0.1, 0.15) is 18.4 Å². The number of nitrogens with zero attached hydrogens (tertiary/aromatic N) is 1. The van der Waals surface area contributed by atoms with Gasteiger partial charge in [0.15, 0.2) is 8.32 Å². The van der Waals surface area contributed by atoms with Crippen LogP contribution < -0.4 is 10.1 Å². The highest BCUT2D eigenvalue weighted by Crippen LogP contribution is 2.28. The molecule has 0 amide bonds. The minimum Gasteiger partial charge on any atom is -0.492 e. The van der Waals surface area contributed by atoms with Crippen LogP contribution in [-0.4, -0.2) is 71.7 Å². The van der Waals surface area contributed by atoms with E-state index in [9.17, 15) is 4.79 Å². The molecular weight excluding hydrogens is 372 g/mol. The molecule has 0 bridgehead atoms. The van der Waals surface area contributed by atoms with Crippen LogP contribution in [-0.2, 0) is 20.4 Å². The van der Waals surface area contributed by atoms with Crippen molar-refractivity contribution >= 4 is 14.3 Å². The van der Waals surface area contributed by atoms with Gasteiger partial charge >= 0.3 is 5.97 Å². The van der Waals surface area contributed by atoms with Crippen molar-refractivity contribution in [1.29, 1.82) is 0 Å². The molecule has 6 nitrogen and oxygen atoms in total. The van der Waals surface area contributed by atoms with E-state index < -0.39 is 8.32 Å². The Kier molecular flexibility index (Phi) is 8.49. The van der Waals surface area contributed by atoms with E-state index in [1.54, 1.807) is 0 Å². The van der Waals surface area contributed by atoms with Gasteiger partial charge in [-0.15, -0.1) is 0 Å². The van der Waals surface area contributed by atoms with Crippen LogP contribution in [0, 0.1) is 0 Å². The molecule has 7 heteroatoms. The number of nitrogens with one attached hydrogen (secondary N) is 1. The molecule has 0 atom stereocenters. The maximum Gasteiger partial charge on any atom is 0.309 e. The lowest BCUT2D eigenvalue weighted by Crippen LogP contribution is -2.55. The summed E-state index contributed by atoms with van der Waals surface area (Å²) in [7, 11) is 1.92. The largest absolute Gasteiger partial charge is 0.492 e. The van der Waals surface area contributed by atoms with Gasteiger partial charge in [0.05, 0.1) is 19.1 Å². The molecule has 2 rings (SSSR count). The minimum absolute atomic E-state index is 0.0507. The van der Waals surface area contributed by atoms with E-state index in [4.69, 9.17) is 13.9 Å². The molecule has 0 spiro atoms. The fourth-order valence-corrected chi connectivity index (χ4v) is 5.27. The molecule has 28 heavy (non-hydrogen) atoms. The van der Waals surface area contributed by atoms with Crippen molar-refractivity contribution in [3.05, 3.63) is 29.8 Å². The van der Waals surface area contributed by atoms with Crippen molar-refractivity contribution < 1.29 is 18.7 Å². The molecular formula is C21H36N2O4Si. The maximum atomic E-state index is 11.4. The lowest BCUT2D eigenvalue weighted by atomic mass is 9.92. The molecule has 0 unspecified atom stereocenters. The number of hydrogen-bond acceptors (Lipinski definition) is 6. The van der Waals surface area contributed by atoms with Crippen molar-refractivity contribution in [3.63, 3.8) is 0 Å². The number of likely N-dealkylation sites (N-methyl/N-ethyl adjacent to an activating group) is 1. The van der Waals surface area contributed by atoms with Gasteiger partial charge in [-0.2, -0.15) is 0 Å². The van der Waals surface area contributed by atoms with Gasteiger partial charge in [-0.25, -0.2) is 0 Å². The first-order chi connectivity index (χ1) is 13.2. The molecule has 1 aromatic rings. The summed E-state index contributed by atoms with van der Waals surface area (Å²) in [6, 6.07) is 7.64. The molecule has 1 saturated heterocycles. The van der Waals surface area contributed by atoms with Gasteiger partial charge in [0, 0.05) is 13.1 Å². The fraction of sp³-hybridized carbons (Fsp3) is 0.667. The molecule has 1 fully saturated rings. The van der Waals surface area contributed by atoms with E-state index in [0.717, 1.165) is 50.3 Å². The zero-order chi connectivity index (χ0) is 20.6. The lowest BCUT2D eigenvalue weighted by Gasteiger charge is -2.44. The zero-order valence-electron chi connectivity index (χ0n) is 18.0. The van der Waals surface area contributed by atoms with Crippen LogP contribution in [0.5, 0.6) is 5.75 Å². The number of esters is 1. The molecule has 0 saturated carbocycles. The number of methoxy groups -OCH3 is 1. The molecule has 1 aliphatic rings. The Labute approximate surface area is 170 Å². The van der Waals surface area contributed by atoms with Crippen molar-refractivity contribution in [3.8, 4) is 5.75 Å². The molecule has 0 radical (unpaired) electrons. The predicted molar refractivity (Wildman–Crippen MR) is 114 cm³/mol. The van der Waals surface area contributed by atoms with Crippen LogP contribution in [0.2, 0.25) is 19.6 Å². The molecule has 1 heterocycles. The van der Waals surface area contributed by atoms with Gasteiger partial charge in [-0.3, -0.25) is 4.79 Å². The third-order valence-electron chi connectivity index (χ3n) is 4.81. The molecule has 1 aliphatic heterocycles. The first kappa shape index (κ1) is 22.9. The number of benzene rings is 1. The van der Waals surface area contributed by atoms with Gasteiger partial charge < -0.3 is 24.1 Å². The van der Waals surface area contributed by atoms with Gasteiger partial charge in [0.2, 0.25) is 0 Å². The van der Waals surface area contributed by atoms with Crippen LogP contribution in [0.4, 0.5) is 0 Å². The Morgan fingerprint density at radius 1 is 1.25 bits per heavy atom. The Bertz CT molecular complexity index is 627. The SMILES string of the molecule is COC(=O)Cc1cccc(OCCN(C)CC2(O[Si](C)(C)C)CCNCC2)c1. The minimum atomic E-state index is -1.61. The van der Waals surface area contributed by atoms with Crippen molar-refractivity contribution in [2.45, 2.75) is 44.5 Å². The summed E-state index contributed by atoms with van der Waals surface area (Å²) < 4.78 is 17.3. The van der Waals surface area contributed by atoms with Crippen LogP contribution in [0.3, 0.4) is 0 Å². The summed E-state index contributed by atoms with van der Waals surface area (Å²) in [5.74, 6) is 0.538. The Morgan fingerprint density at radius 2 is 1.96 bits per heavy atom. The summed E-state index contributed by atoms with van der Waals surface area (Å²) >= 11 is 0. The number of hydrogen-bond donors (Lipinski definition) is 1. The number of ether oxygens (including phenoxy) is 2. The fourth-order valence-electron chi connectivity index (χ4n) is 3.70. The highest BCUT2D eigenvalue weighted by atomic mass is 28.4. The van der Waals surface area contributed by atoms with E-state index in [2.05, 4.69) is 36.9 Å². The van der Waals surface area contributed by atoms with Crippen LogP contribution in [0.25, 0.3) is 0 Å². The summed E-state index contributed by atoms with van der Waals surface area (Å²) in [5, 5.41) is 3.45. The number of piperidine rings is 1. The van der Waals surface area contributed by atoms with E-state index in [1.807, 2.05) is 24.3 Å². The van der Waals surface area contributed by atoms with Gasteiger partial charge in [0.1, 0.15) is 12.4 Å². The summed E-state index contributed by atoms with van der Waals surface area (Å²) in [5.41, 5.74) is 0.847. The van der Waals surface area contributed by atoms with Crippen molar-refractivity contribution in [1.82, 2.24) is 10.2 Å². The van der Waals surface area contributed by atoms with E-state index in [0.29, 0.717) is 6.61 Å². The summed E-state index contributed by atoms with van der Waals surface area (Å²) in [6.07, 6.45) is 2.37. The Balaban J connectivity index is 1.85. The molecule has 1 N–H and O–H groups in total. The van der Waals surface area contributed by atoms with E-state index in [-0.39, 0.29) is 18.0 Å². The van der Waals surface area contributed by atoms with Crippen molar-refractivity contribution in [2.24, 2.45) is 0 Å². The molecule has 158 valence electrons. The van der Waals surface area contributed by atoms with Gasteiger partial charge in [-0.05, 0) is 70.3 Å². The third kappa shape index (κ3) is 7.91. The highest BCUT2D eigenvalue weighted by Gasteiger charge is 2.38. The zero-order valence-corrected chi connectivity index (χ0v) is 19.0. The van der Waals surface area contributed by atoms with Gasteiger partial charge in [0.25, 0.3) is 0 Å². The average Bonchev–Trinajstić information content (AvgIpc) is 2.61. The lowest BCUT2D eigenvalue weighted by molar-refractivity contribution is -0.139. The molecule has 0 aliphatic carbocycles. The number of carbonyl (C=O) groups excluding carboxylic acids is 1. The second-order valence-electron chi connectivity index (χ2n) is 8.63. The number of carbonyl (C=O) groups is 1. The monoisotopic (exact) mass is 408 g/mol. The Morgan fingerprint density at radius 3 is 2.61 bits per heavy atom. The second-order valence-corrected chi connectivity index (χ2v) is 13.1. The first-order valence-electron chi connectivity index (χ1n) is 10.1. The topological polar surface area (TPSA) is 60.0 Å².